The highest BCUT2D eigenvalue weighted by Crippen LogP contribution is 2.30. The highest BCUT2D eigenvalue weighted by molar-refractivity contribution is 7.12. The number of hydrogen-bond donors (Lipinski definition) is 0. The third-order valence-corrected chi connectivity index (χ3v) is 4.34. The van der Waals surface area contributed by atoms with E-state index < -0.39 is 5.60 Å². The average Bonchev–Trinajstić information content (AvgIpc) is 3.09. The standard InChI is InChI=1S/C13H16N2O3S/c1-13(12(16)15-4-6-17-7-5-15)9-10(14-18-13)11-3-2-8-19-11/h2-3,8H,4-7,9H2,1H3/t13-/m1/s1. The van der Waals surface area contributed by atoms with Crippen molar-refractivity contribution in [2.75, 3.05) is 26.3 Å². The molecule has 1 aromatic rings. The van der Waals surface area contributed by atoms with Crippen LogP contribution in [0.4, 0.5) is 0 Å². The van der Waals surface area contributed by atoms with Crippen molar-refractivity contribution in [3.63, 3.8) is 0 Å². The number of nitrogens with zero attached hydrogens (tertiary/aromatic N) is 2. The van der Waals surface area contributed by atoms with Crippen LogP contribution in [0.1, 0.15) is 18.2 Å². The molecule has 3 heterocycles. The summed E-state index contributed by atoms with van der Waals surface area (Å²) in [5.41, 5.74) is -0.00413. The minimum Gasteiger partial charge on any atom is -0.379 e. The Morgan fingerprint density at radius 3 is 2.95 bits per heavy atom. The lowest BCUT2D eigenvalue weighted by Crippen LogP contribution is -2.51. The van der Waals surface area contributed by atoms with Crippen molar-refractivity contribution in [3.8, 4) is 0 Å². The third kappa shape index (κ3) is 2.37. The summed E-state index contributed by atoms with van der Waals surface area (Å²) in [6, 6.07) is 3.97. The van der Waals surface area contributed by atoms with Crippen molar-refractivity contribution >= 4 is 23.0 Å². The van der Waals surface area contributed by atoms with Crippen LogP contribution in [0, 0.1) is 0 Å². The predicted octanol–water partition coefficient (Wildman–Crippen LogP) is 1.49. The molecule has 6 heteroatoms. The molecule has 3 rings (SSSR count). The highest BCUT2D eigenvalue weighted by atomic mass is 32.1. The summed E-state index contributed by atoms with van der Waals surface area (Å²) >= 11 is 1.61. The summed E-state index contributed by atoms with van der Waals surface area (Å²) in [7, 11) is 0. The van der Waals surface area contributed by atoms with Crippen LogP contribution < -0.4 is 0 Å². The van der Waals surface area contributed by atoms with Gasteiger partial charge in [-0.1, -0.05) is 11.2 Å². The number of hydrogen-bond acceptors (Lipinski definition) is 5. The van der Waals surface area contributed by atoms with E-state index in [0.717, 1.165) is 10.6 Å². The van der Waals surface area contributed by atoms with E-state index in [-0.39, 0.29) is 5.91 Å². The normalized spacial score (nSPS) is 27.0. The zero-order valence-electron chi connectivity index (χ0n) is 10.8. The van der Waals surface area contributed by atoms with Crippen LogP contribution in [0.15, 0.2) is 22.7 Å². The first kappa shape index (κ1) is 12.6. The summed E-state index contributed by atoms with van der Waals surface area (Å²) in [5.74, 6) is 0.00565. The third-order valence-electron chi connectivity index (χ3n) is 3.42. The first-order valence-electron chi connectivity index (χ1n) is 6.35. The second kappa shape index (κ2) is 4.94. The molecule has 0 unspecified atom stereocenters. The second-order valence-corrected chi connectivity index (χ2v) is 5.87. The summed E-state index contributed by atoms with van der Waals surface area (Å²) in [6.45, 7) is 4.27. The number of thiophene rings is 1. The van der Waals surface area contributed by atoms with Gasteiger partial charge in [0.25, 0.3) is 5.91 Å². The van der Waals surface area contributed by atoms with Crippen LogP contribution in [0.5, 0.6) is 0 Å². The van der Waals surface area contributed by atoms with Gasteiger partial charge in [-0.05, 0) is 18.4 Å². The van der Waals surface area contributed by atoms with Gasteiger partial charge in [0.05, 0.1) is 18.1 Å². The fraction of sp³-hybridized carbons (Fsp3) is 0.538. The van der Waals surface area contributed by atoms with Gasteiger partial charge in [0.2, 0.25) is 5.60 Å². The monoisotopic (exact) mass is 280 g/mol. The molecule has 1 atom stereocenters. The van der Waals surface area contributed by atoms with Gasteiger partial charge in [0.1, 0.15) is 5.71 Å². The Morgan fingerprint density at radius 1 is 1.47 bits per heavy atom. The number of carbonyl (C=O) groups excluding carboxylic acids is 1. The molecule has 0 aliphatic carbocycles. The van der Waals surface area contributed by atoms with Crippen molar-refractivity contribution in [3.05, 3.63) is 22.4 Å². The number of carbonyl (C=O) groups is 1. The zero-order valence-corrected chi connectivity index (χ0v) is 11.6. The number of amides is 1. The van der Waals surface area contributed by atoms with E-state index in [9.17, 15) is 4.79 Å². The topological polar surface area (TPSA) is 51.1 Å². The fourth-order valence-electron chi connectivity index (χ4n) is 2.33. The lowest BCUT2D eigenvalue weighted by molar-refractivity contribution is -0.157. The SMILES string of the molecule is C[C@]1(C(=O)N2CCOCC2)CC(c2cccs2)=NO1. The minimum absolute atomic E-state index is 0.00565. The largest absolute Gasteiger partial charge is 0.379 e. The Kier molecular flexibility index (Phi) is 3.28. The van der Waals surface area contributed by atoms with Crippen molar-refractivity contribution in [2.24, 2.45) is 5.16 Å². The van der Waals surface area contributed by atoms with E-state index in [4.69, 9.17) is 9.57 Å². The van der Waals surface area contributed by atoms with E-state index in [1.807, 2.05) is 24.4 Å². The van der Waals surface area contributed by atoms with E-state index in [1.165, 1.54) is 0 Å². The van der Waals surface area contributed by atoms with Gasteiger partial charge in [-0.15, -0.1) is 11.3 Å². The zero-order chi connectivity index (χ0) is 13.3. The minimum atomic E-state index is -0.864. The molecule has 1 fully saturated rings. The molecule has 0 saturated carbocycles. The molecule has 2 aliphatic rings. The molecule has 1 amide bonds. The molecule has 0 aromatic carbocycles. The van der Waals surface area contributed by atoms with Gasteiger partial charge in [0.15, 0.2) is 0 Å². The predicted molar refractivity (Wildman–Crippen MR) is 72.4 cm³/mol. The van der Waals surface area contributed by atoms with Crippen molar-refractivity contribution in [2.45, 2.75) is 18.9 Å². The lowest BCUT2D eigenvalue weighted by atomic mass is 9.97. The molecule has 0 spiro atoms. The first-order chi connectivity index (χ1) is 9.19. The van der Waals surface area contributed by atoms with Crippen LogP contribution in [-0.4, -0.2) is 48.4 Å². The molecule has 2 aliphatic heterocycles. The summed E-state index contributed by atoms with van der Waals surface area (Å²) in [6.07, 6.45) is 0.531. The van der Waals surface area contributed by atoms with Crippen molar-refractivity contribution < 1.29 is 14.4 Å². The van der Waals surface area contributed by atoms with E-state index in [0.29, 0.717) is 32.7 Å². The van der Waals surface area contributed by atoms with Crippen LogP contribution >= 0.6 is 11.3 Å². The van der Waals surface area contributed by atoms with Gasteiger partial charge < -0.3 is 14.5 Å². The molecule has 0 bridgehead atoms. The van der Waals surface area contributed by atoms with E-state index in [1.54, 1.807) is 16.2 Å². The molecule has 0 radical (unpaired) electrons. The Bertz CT molecular complexity index is 494. The number of rotatable bonds is 2. The number of oxime groups is 1. The quantitative estimate of drug-likeness (QED) is 0.824. The fourth-order valence-corrected chi connectivity index (χ4v) is 3.04. The Balaban J connectivity index is 1.70. The first-order valence-corrected chi connectivity index (χ1v) is 7.23. The molecule has 1 aromatic heterocycles. The maximum Gasteiger partial charge on any atom is 0.269 e. The summed E-state index contributed by atoms with van der Waals surface area (Å²) < 4.78 is 5.26. The molecular weight excluding hydrogens is 264 g/mol. The molecular formula is C13H16N2O3S. The summed E-state index contributed by atoms with van der Waals surface area (Å²) in [4.78, 5) is 20.8. The van der Waals surface area contributed by atoms with Gasteiger partial charge in [0, 0.05) is 19.5 Å². The van der Waals surface area contributed by atoms with Crippen LogP contribution in [-0.2, 0) is 14.4 Å². The van der Waals surface area contributed by atoms with Crippen molar-refractivity contribution in [1.82, 2.24) is 4.90 Å². The Labute approximate surface area is 115 Å². The van der Waals surface area contributed by atoms with Gasteiger partial charge in [-0.25, -0.2) is 0 Å². The molecule has 5 nitrogen and oxygen atoms in total. The molecule has 19 heavy (non-hydrogen) atoms. The molecule has 0 N–H and O–H groups in total. The van der Waals surface area contributed by atoms with E-state index in [2.05, 4.69) is 5.16 Å². The highest BCUT2D eigenvalue weighted by Gasteiger charge is 2.45. The Morgan fingerprint density at radius 2 is 2.26 bits per heavy atom. The maximum absolute atomic E-state index is 12.5. The van der Waals surface area contributed by atoms with E-state index >= 15 is 0 Å². The average molecular weight is 280 g/mol. The second-order valence-electron chi connectivity index (χ2n) is 4.92. The maximum atomic E-state index is 12.5. The van der Waals surface area contributed by atoms with Crippen LogP contribution in [0.25, 0.3) is 0 Å². The lowest BCUT2D eigenvalue weighted by Gasteiger charge is -2.32. The summed E-state index contributed by atoms with van der Waals surface area (Å²) in [5, 5.41) is 6.09. The van der Waals surface area contributed by atoms with Crippen LogP contribution in [0.3, 0.4) is 0 Å². The van der Waals surface area contributed by atoms with Gasteiger partial charge in [-0.2, -0.15) is 0 Å². The molecule has 1 saturated heterocycles. The Hall–Kier alpha value is -1.40. The van der Waals surface area contributed by atoms with Gasteiger partial charge >= 0.3 is 0 Å². The van der Waals surface area contributed by atoms with Gasteiger partial charge in [-0.3, -0.25) is 4.79 Å². The molecule has 102 valence electrons. The van der Waals surface area contributed by atoms with Crippen molar-refractivity contribution in [1.29, 1.82) is 0 Å². The van der Waals surface area contributed by atoms with Crippen LogP contribution in [0.2, 0.25) is 0 Å². The number of ether oxygens (including phenoxy) is 1. The number of morpholine rings is 1. The smallest absolute Gasteiger partial charge is 0.269 e.